The molecule has 1 aliphatic rings. The molecule has 1 fully saturated rings. The summed E-state index contributed by atoms with van der Waals surface area (Å²) in [5.74, 6) is 0. The van der Waals surface area contributed by atoms with Crippen molar-refractivity contribution in [1.82, 2.24) is 9.84 Å². The second-order valence-corrected chi connectivity index (χ2v) is 5.96. The summed E-state index contributed by atoms with van der Waals surface area (Å²) in [5.41, 5.74) is 0. The Balaban J connectivity index is 2.04. The molecular weight excluding hydrogens is 236 g/mol. The summed E-state index contributed by atoms with van der Waals surface area (Å²) in [6, 6.07) is 3.31. The topological polar surface area (TPSA) is 58.6 Å². The van der Waals surface area contributed by atoms with Gasteiger partial charge in [-0.2, -0.15) is 0 Å². The van der Waals surface area contributed by atoms with Gasteiger partial charge in [-0.25, -0.2) is 13.4 Å². The minimum atomic E-state index is -3.38. The van der Waals surface area contributed by atoms with E-state index in [1.165, 1.54) is 11.3 Å². The molecule has 1 aromatic heterocycles. The van der Waals surface area contributed by atoms with Gasteiger partial charge in [-0.05, 0) is 11.4 Å². The maximum atomic E-state index is 11.8. The molecule has 0 radical (unpaired) electrons. The van der Waals surface area contributed by atoms with Crippen LogP contribution in [-0.4, -0.2) is 39.7 Å². The number of hydrogen-bond donors (Lipinski definition) is 1. The number of hydrazine groups is 1. The molecule has 2 heterocycles. The lowest BCUT2D eigenvalue weighted by atomic mass is 10.5. The molecule has 15 heavy (non-hydrogen) atoms. The van der Waals surface area contributed by atoms with Crippen LogP contribution >= 0.6 is 11.3 Å². The summed E-state index contributed by atoms with van der Waals surface area (Å²) in [6.07, 6.45) is 0. The lowest BCUT2D eigenvalue weighted by Crippen LogP contribution is -2.48. The van der Waals surface area contributed by atoms with E-state index >= 15 is 0 Å². The van der Waals surface area contributed by atoms with E-state index in [1.807, 2.05) is 0 Å². The predicted molar refractivity (Wildman–Crippen MR) is 57.0 cm³/mol. The quantitative estimate of drug-likeness (QED) is 0.834. The largest absolute Gasteiger partial charge is 0.379 e. The van der Waals surface area contributed by atoms with Crippen LogP contribution < -0.4 is 4.83 Å². The fourth-order valence-electron chi connectivity index (χ4n) is 1.29. The van der Waals surface area contributed by atoms with Crippen LogP contribution in [0.2, 0.25) is 0 Å². The Morgan fingerprint density at radius 2 is 2.13 bits per heavy atom. The normalized spacial score (nSPS) is 19.2. The average molecular weight is 248 g/mol. The van der Waals surface area contributed by atoms with Crippen molar-refractivity contribution in [2.45, 2.75) is 4.21 Å². The average Bonchev–Trinajstić information content (AvgIpc) is 2.71. The Morgan fingerprint density at radius 1 is 1.40 bits per heavy atom. The van der Waals surface area contributed by atoms with Gasteiger partial charge in [0.05, 0.1) is 13.2 Å². The maximum Gasteiger partial charge on any atom is 0.262 e. The van der Waals surface area contributed by atoms with Crippen molar-refractivity contribution >= 4 is 21.4 Å². The second kappa shape index (κ2) is 4.58. The third kappa shape index (κ3) is 2.76. The molecule has 1 N–H and O–H groups in total. The van der Waals surface area contributed by atoms with Crippen LogP contribution in [0.5, 0.6) is 0 Å². The van der Waals surface area contributed by atoms with E-state index in [1.54, 1.807) is 22.5 Å². The Kier molecular flexibility index (Phi) is 3.37. The molecule has 0 spiro atoms. The van der Waals surface area contributed by atoms with Gasteiger partial charge in [0.25, 0.3) is 10.0 Å². The van der Waals surface area contributed by atoms with Crippen LogP contribution in [0.1, 0.15) is 0 Å². The van der Waals surface area contributed by atoms with E-state index in [-0.39, 0.29) is 0 Å². The van der Waals surface area contributed by atoms with Crippen molar-refractivity contribution in [3.8, 4) is 0 Å². The zero-order valence-corrected chi connectivity index (χ0v) is 9.68. The van der Waals surface area contributed by atoms with Crippen molar-refractivity contribution in [1.29, 1.82) is 0 Å². The van der Waals surface area contributed by atoms with Crippen LogP contribution in [-0.2, 0) is 14.8 Å². The molecular formula is C8H12N2O3S2. The fraction of sp³-hybridized carbons (Fsp3) is 0.500. The van der Waals surface area contributed by atoms with Gasteiger partial charge >= 0.3 is 0 Å². The number of rotatable bonds is 3. The van der Waals surface area contributed by atoms with E-state index in [0.29, 0.717) is 30.5 Å². The number of nitrogens with one attached hydrogen (secondary N) is 1. The standard InChI is InChI=1S/C8H12N2O3S2/c11-15(12,8-2-1-7-14-8)9-10-3-5-13-6-4-10/h1-2,7,9H,3-6H2. The molecule has 2 rings (SSSR count). The van der Waals surface area contributed by atoms with Gasteiger partial charge in [-0.3, -0.25) is 0 Å². The highest BCUT2D eigenvalue weighted by molar-refractivity contribution is 7.91. The smallest absolute Gasteiger partial charge is 0.262 e. The van der Waals surface area contributed by atoms with Gasteiger partial charge in [0.2, 0.25) is 0 Å². The van der Waals surface area contributed by atoms with Gasteiger partial charge < -0.3 is 4.74 Å². The van der Waals surface area contributed by atoms with Gasteiger partial charge in [-0.15, -0.1) is 16.2 Å². The third-order valence-electron chi connectivity index (χ3n) is 2.02. The third-order valence-corrected chi connectivity index (χ3v) is 4.79. The summed E-state index contributed by atoms with van der Waals surface area (Å²) in [5, 5.41) is 3.41. The molecule has 0 bridgehead atoms. The number of ether oxygens (including phenoxy) is 1. The first kappa shape index (κ1) is 11.0. The van der Waals surface area contributed by atoms with Crippen LogP contribution in [0, 0.1) is 0 Å². The molecule has 1 aromatic rings. The van der Waals surface area contributed by atoms with Crippen LogP contribution in [0.25, 0.3) is 0 Å². The zero-order valence-electron chi connectivity index (χ0n) is 8.05. The molecule has 5 nitrogen and oxygen atoms in total. The molecule has 0 amide bonds. The van der Waals surface area contributed by atoms with Crippen LogP contribution in [0.15, 0.2) is 21.7 Å². The second-order valence-electron chi connectivity index (χ2n) is 3.13. The molecule has 0 unspecified atom stereocenters. The first-order valence-electron chi connectivity index (χ1n) is 4.57. The molecule has 7 heteroatoms. The highest BCUT2D eigenvalue weighted by Gasteiger charge is 2.20. The maximum absolute atomic E-state index is 11.8. The van der Waals surface area contributed by atoms with Crippen molar-refractivity contribution < 1.29 is 13.2 Å². The van der Waals surface area contributed by atoms with Gasteiger partial charge in [0.15, 0.2) is 0 Å². The van der Waals surface area contributed by atoms with Crippen molar-refractivity contribution in [2.24, 2.45) is 0 Å². The Labute approximate surface area is 92.7 Å². The summed E-state index contributed by atoms with van der Waals surface area (Å²) in [4.78, 5) is 2.53. The van der Waals surface area contributed by atoms with E-state index in [2.05, 4.69) is 4.83 Å². The van der Waals surface area contributed by atoms with Gasteiger partial charge in [-0.1, -0.05) is 6.07 Å². The number of sulfonamides is 1. The van der Waals surface area contributed by atoms with E-state index in [9.17, 15) is 8.42 Å². The Hall–Kier alpha value is -0.470. The molecule has 1 aliphatic heterocycles. The van der Waals surface area contributed by atoms with E-state index < -0.39 is 10.0 Å². The predicted octanol–water partition coefficient (Wildman–Crippen LogP) is 0.274. The molecule has 0 saturated carbocycles. The molecule has 0 aliphatic carbocycles. The van der Waals surface area contributed by atoms with Gasteiger partial charge in [0.1, 0.15) is 4.21 Å². The van der Waals surface area contributed by atoms with Crippen LogP contribution in [0.4, 0.5) is 0 Å². The minimum absolute atomic E-state index is 0.342. The number of thiophene rings is 1. The SMILES string of the molecule is O=S(=O)(NN1CCOCC1)c1cccs1. The molecule has 1 saturated heterocycles. The monoisotopic (exact) mass is 248 g/mol. The number of nitrogens with zero attached hydrogens (tertiary/aromatic N) is 1. The molecule has 0 atom stereocenters. The summed E-state index contributed by atoms with van der Waals surface area (Å²) in [7, 11) is -3.38. The van der Waals surface area contributed by atoms with E-state index in [4.69, 9.17) is 4.74 Å². The lowest BCUT2D eigenvalue weighted by Gasteiger charge is -2.26. The zero-order chi connectivity index (χ0) is 10.7. The minimum Gasteiger partial charge on any atom is -0.379 e. The molecule has 84 valence electrons. The van der Waals surface area contributed by atoms with Crippen molar-refractivity contribution in [3.63, 3.8) is 0 Å². The fourth-order valence-corrected chi connectivity index (χ4v) is 3.39. The lowest BCUT2D eigenvalue weighted by molar-refractivity contribution is 0.0272. The van der Waals surface area contributed by atoms with Crippen LogP contribution in [0.3, 0.4) is 0 Å². The highest BCUT2D eigenvalue weighted by Crippen LogP contribution is 2.15. The first-order chi connectivity index (χ1) is 7.18. The van der Waals surface area contributed by atoms with Gasteiger partial charge in [0, 0.05) is 13.1 Å². The van der Waals surface area contributed by atoms with E-state index in [0.717, 1.165) is 0 Å². The summed E-state index contributed by atoms with van der Waals surface area (Å²) < 4.78 is 29.0. The first-order valence-corrected chi connectivity index (χ1v) is 6.93. The van der Waals surface area contributed by atoms with Crippen molar-refractivity contribution in [2.75, 3.05) is 26.3 Å². The Morgan fingerprint density at radius 3 is 2.73 bits per heavy atom. The highest BCUT2D eigenvalue weighted by atomic mass is 32.2. The number of morpholine rings is 1. The number of hydrogen-bond acceptors (Lipinski definition) is 5. The summed E-state index contributed by atoms with van der Waals surface area (Å²) >= 11 is 1.21. The Bertz CT molecular complexity index is 396. The summed E-state index contributed by atoms with van der Waals surface area (Å²) in [6.45, 7) is 2.30. The van der Waals surface area contributed by atoms with Crippen molar-refractivity contribution in [3.05, 3.63) is 17.5 Å². The molecule has 0 aromatic carbocycles.